The molecule has 3 atom stereocenters. The first-order chi connectivity index (χ1) is 30.7. The van der Waals surface area contributed by atoms with Gasteiger partial charge in [-0.25, -0.2) is 0 Å². The Labute approximate surface area is 364 Å². The topological polar surface area (TPSA) is 21.3 Å². The zero-order valence-corrected chi connectivity index (χ0v) is 35.2. The van der Waals surface area contributed by atoms with E-state index in [9.17, 15) is 0 Å². The smallest absolute Gasteiger partial charge is 0.135 e. The number of allylic oxidation sites excluding steroid dienone is 11. The van der Waals surface area contributed by atoms with E-state index in [4.69, 9.17) is 4.42 Å². The highest BCUT2D eigenvalue weighted by Crippen LogP contribution is 2.49. The van der Waals surface area contributed by atoms with Crippen molar-refractivity contribution >= 4 is 87.7 Å². The van der Waals surface area contributed by atoms with Gasteiger partial charge in [-0.05, 0) is 114 Å². The fourth-order valence-electron chi connectivity index (χ4n) is 11.0. The second-order valence-electron chi connectivity index (χ2n) is 17.3. The van der Waals surface area contributed by atoms with Crippen LogP contribution in [-0.2, 0) is 0 Å². The lowest BCUT2D eigenvalue weighted by atomic mass is 9.79. The molecular formula is C58H44N2OS. The molecule has 0 spiro atoms. The van der Waals surface area contributed by atoms with Crippen LogP contribution in [0.1, 0.15) is 54.6 Å². The zero-order valence-electron chi connectivity index (χ0n) is 34.4. The van der Waals surface area contributed by atoms with Crippen molar-refractivity contribution in [3.63, 3.8) is 0 Å². The summed E-state index contributed by atoms with van der Waals surface area (Å²) in [4.78, 5) is 4.13. The molecule has 3 nitrogen and oxygen atoms in total. The van der Waals surface area contributed by atoms with Gasteiger partial charge in [0, 0.05) is 59.3 Å². The lowest BCUT2D eigenvalue weighted by molar-refractivity contribution is 0.620. The van der Waals surface area contributed by atoms with Crippen molar-refractivity contribution in [3.8, 4) is 0 Å². The molecule has 0 fully saturated rings. The first-order valence-electron chi connectivity index (χ1n) is 22.2. The Balaban J connectivity index is 0.960. The van der Waals surface area contributed by atoms with Crippen molar-refractivity contribution in [1.82, 2.24) is 4.57 Å². The Kier molecular flexibility index (Phi) is 8.30. The number of aromatic nitrogens is 1. The zero-order chi connectivity index (χ0) is 40.7. The number of nitrogens with zero attached hydrogens (tertiary/aromatic N) is 2. The number of hydrogen-bond donors (Lipinski definition) is 0. The lowest BCUT2D eigenvalue weighted by Crippen LogP contribution is -2.31. The van der Waals surface area contributed by atoms with Crippen molar-refractivity contribution in [2.24, 2.45) is 5.92 Å². The fourth-order valence-corrected chi connectivity index (χ4v) is 12.3. The molecule has 0 saturated heterocycles. The SMILES string of the molecule is C1=CCCC(C2=C(N(c3ccc4oc5ccccc5c4c3)C3CC=Cc4c3sc3ccccc43)C=CC(C3=CC(n4c5ccccc5c5c6ccccc6ccc54)CC=C3)C2)=C1. The summed E-state index contributed by atoms with van der Waals surface area (Å²) in [6.07, 6.45) is 29.1. The number of benzene rings is 6. The predicted octanol–water partition coefficient (Wildman–Crippen LogP) is 16.3. The first-order valence-corrected chi connectivity index (χ1v) is 23.0. The molecule has 62 heavy (non-hydrogen) atoms. The van der Waals surface area contributed by atoms with E-state index >= 15 is 0 Å². The van der Waals surface area contributed by atoms with Crippen LogP contribution in [0.15, 0.2) is 209 Å². The second-order valence-corrected chi connectivity index (χ2v) is 18.4. The summed E-state index contributed by atoms with van der Waals surface area (Å²) in [7, 11) is 0. The van der Waals surface area contributed by atoms with Crippen LogP contribution in [0.3, 0.4) is 0 Å². The van der Waals surface area contributed by atoms with Crippen LogP contribution in [0.5, 0.6) is 0 Å². The largest absolute Gasteiger partial charge is 0.456 e. The highest BCUT2D eigenvalue weighted by atomic mass is 32.1. The van der Waals surface area contributed by atoms with E-state index in [1.165, 1.54) is 81.2 Å². The third-order valence-corrected chi connectivity index (χ3v) is 15.2. The molecule has 298 valence electrons. The molecule has 4 aliphatic carbocycles. The summed E-state index contributed by atoms with van der Waals surface area (Å²) in [6.45, 7) is 0. The van der Waals surface area contributed by atoms with Crippen molar-refractivity contribution < 1.29 is 4.42 Å². The van der Waals surface area contributed by atoms with Crippen LogP contribution in [0, 0.1) is 5.92 Å². The highest BCUT2D eigenvalue weighted by Gasteiger charge is 2.34. The normalized spacial score (nSPS) is 20.0. The molecule has 0 bridgehead atoms. The molecule has 4 aliphatic rings. The van der Waals surface area contributed by atoms with E-state index in [0.717, 1.165) is 54.0 Å². The van der Waals surface area contributed by atoms with Gasteiger partial charge in [0.2, 0.25) is 0 Å². The van der Waals surface area contributed by atoms with Crippen LogP contribution in [0.4, 0.5) is 5.69 Å². The third kappa shape index (κ3) is 5.63. The first kappa shape index (κ1) is 35.8. The van der Waals surface area contributed by atoms with Crippen molar-refractivity contribution in [2.45, 2.75) is 44.2 Å². The van der Waals surface area contributed by atoms with Gasteiger partial charge in [-0.1, -0.05) is 140 Å². The van der Waals surface area contributed by atoms with E-state index in [1.54, 1.807) is 0 Å². The number of hydrogen-bond acceptors (Lipinski definition) is 3. The molecule has 0 amide bonds. The Bertz CT molecular complexity index is 3540. The molecule has 6 aromatic carbocycles. The molecule has 0 radical (unpaired) electrons. The Morgan fingerprint density at radius 1 is 0.661 bits per heavy atom. The molecule has 3 unspecified atom stereocenters. The Morgan fingerprint density at radius 3 is 2.39 bits per heavy atom. The van der Waals surface area contributed by atoms with Gasteiger partial charge in [0.05, 0.1) is 17.6 Å². The van der Waals surface area contributed by atoms with Crippen LogP contribution in [-0.4, -0.2) is 4.57 Å². The maximum Gasteiger partial charge on any atom is 0.135 e. The van der Waals surface area contributed by atoms with Gasteiger partial charge in [0.15, 0.2) is 0 Å². The van der Waals surface area contributed by atoms with E-state index in [2.05, 4.69) is 198 Å². The summed E-state index contributed by atoms with van der Waals surface area (Å²) in [5.41, 5.74) is 12.6. The van der Waals surface area contributed by atoms with Crippen LogP contribution in [0.2, 0.25) is 0 Å². The third-order valence-electron chi connectivity index (χ3n) is 13.9. The van der Waals surface area contributed by atoms with Crippen LogP contribution >= 0.6 is 11.3 Å². The molecule has 0 aliphatic heterocycles. The molecule has 3 aromatic heterocycles. The monoisotopic (exact) mass is 816 g/mol. The number of para-hydroxylation sites is 2. The van der Waals surface area contributed by atoms with E-state index in [-0.39, 0.29) is 18.0 Å². The minimum absolute atomic E-state index is 0.138. The van der Waals surface area contributed by atoms with E-state index < -0.39 is 0 Å². The van der Waals surface area contributed by atoms with Crippen molar-refractivity contribution in [1.29, 1.82) is 0 Å². The van der Waals surface area contributed by atoms with E-state index in [0.29, 0.717) is 0 Å². The summed E-state index contributed by atoms with van der Waals surface area (Å²) < 4.78 is 10.3. The van der Waals surface area contributed by atoms with Gasteiger partial charge >= 0.3 is 0 Å². The van der Waals surface area contributed by atoms with Crippen molar-refractivity contribution in [2.75, 3.05) is 4.90 Å². The summed E-state index contributed by atoms with van der Waals surface area (Å²) >= 11 is 1.96. The van der Waals surface area contributed by atoms with E-state index in [1.807, 2.05) is 11.3 Å². The van der Waals surface area contributed by atoms with Crippen molar-refractivity contribution in [3.05, 3.63) is 215 Å². The second kappa shape index (κ2) is 14.4. The maximum atomic E-state index is 6.39. The van der Waals surface area contributed by atoms with Crippen LogP contribution in [0.25, 0.3) is 70.7 Å². The Hall–Kier alpha value is -6.88. The molecule has 9 aromatic rings. The minimum atomic E-state index is 0.138. The quantitative estimate of drug-likeness (QED) is 0.167. The predicted molar refractivity (Wildman–Crippen MR) is 263 cm³/mol. The average molecular weight is 817 g/mol. The van der Waals surface area contributed by atoms with Gasteiger partial charge in [0.25, 0.3) is 0 Å². The molecule has 4 heteroatoms. The van der Waals surface area contributed by atoms with Gasteiger partial charge in [-0.15, -0.1) is 11.3 Å². The molecule has 0 saturated carbocycles. The number of rotatable bonds is 6. The maximum absolute atomic E-state index is 6.39. The summed E-state index contributed by atoms with van der Waals surface area (Å²) in [5.74, 6) is 0.252. The van der Waals surface area contributed by atoms with Gasteiger partial charge < -0.3 is 13.9 Å². The standard InChI is InChI=1S/C58H44N2OS/c1-2-14-37(15-3-1)48-35-40(39-17-12-18-41(34-39)59-50-24-9-6-22-47(50)57-43-19-5-4-16-38(43)28-32-52(57)59)29-31-51(48)60(42-30-33-55-49(36-42)44-20-7-10-26-54(44)61-55)53-25-13-23-46-45-21-8-11-27-56(45)62-58(46)53/h1-2,4-14,16-17,19-24,26-34,36,40-41,53H,3,15,18,25,35H2. The molecular weight excluding hydrogens is 773 g/mol. The fraction of sp³-hybridized carbons (Fsp3) is 0.138. The average Bonchev–Trinajstić information content (AvgIpc) is 4.02. The Morgan fingerprint density at radius 2 is 1.47 bits per heavy atom. The summed E-state index contributed by atoms with van der Waals surface area (Å²) in [6, 6.07) is 47.1. The van der Waals surface area contributed by atoms with Gasteiger partial charge in [-0.2, -0.15) is 0 Å². The van der Waals surface area contributed by atoms with Crippen LogP contribution < -0.4 is 4.90 Å². The number of thiophene rings is 1. The molecule has 3 heterocycles. The minimum Gasteiger partial charge on any atom is -0.456 e. The van der Waals surface area contributed by atoms with Gasteiger partial charge in [-0.3, -0.25) is 0 Å². The summed E-state index contributed by atoms with van der Waals surface area (Å²) in [5, 5.41) is 8.96. The number of fused-ring (bicyclic) bond motifs is 11. The molecule has 13 rings (SSSR count). The molecule has 0 N–H and O–H groups in total. The lowest BCUT2D eigenvalue weighted by Gasteiger charge is -2.39. The highest BCUT2D eigenvalue weighted by molar-refractivity contribution is 7.19. The number of anilines is 1. The van der Waals surface area contributed by atoms with Gasteiger partial charge in [0.1, 0.15) is 11.2 Å². The number of furan rings is 1.